The van der Waals surface area contributed by atoms with Crippen molar-refractivity contribution in [1.29, 1.82) is 0 Å². The molecule has 1 aliphatic heterocycles. The number of Topliss-reactive ketones (excluding diaryl/α,β-unsaturated/α-hetero) is 1. The summed E-state index contributed by atoms with van der Waals surface area (Å²) in [7, 11) is 0. The van der Waals surface area contributed by atoms with Crippen molar-refractivity contribution in [2.45, 2.75) is 44.1 Å². The number of hydrogen-bond donors (Lipinski definition) is 0. The summed E-state index contributed by atoms with van der Waals surface area (Å²) in [5.41, 5.74) is -0.150. The van der Waals surface area contributed by atoms with Crippen molar-refractivity contribution in [3.8, 4) is 0 Å². The molecule has 2 fully saturated rings. The zero-order chi connectivity index (χ0) is 29.7. The van der Waals surface area contributed by atoms with E-state index in [9.17, 15) is 40.7 Å². The average molecular weight is 579 g/mol. The molecule has 2 aromatic rings. The van der Waals surface area contributed by atoms with Gasteiger partial charge in [0.25, 0.3) is 0 Å². The first-order valence-electron chi connectivity index (χ1n) is 12.8. The van der Waals surface area contributed by atoms with E-state index < -0.39 is 66.3 Å². The predicted octanol–water partition coefficient (Wildman–Crippen LogP) is 5.58. The van der Waals surface area contributed by atoms with E-state index in [0.717, 1.165) is 36.1 Å². The minimum atomic E-state index is -4.76. The van der Waals surface area contributed by atoms with Gasteiger partial charge in [0, 0.05) is 18.0 Å². The summed E-state index contributed by atoms with van der Waals surface area (Å²) in [6.07, 6.45) is -2.15. The fourth-order valence-corrected chi connectivity index (χ4v) is 5.58. The maximum Gasteiger partial charge on any atom is 0.411 e. The van der Waals surface area contributed by atoms with Crippen molar-refractivity contribution < 1.29 is 45.5 Å². The molecule has 41 heavy (non-hydrogen) atoms. The molecule has 216 valence electrons. The largest absolute Gasteiger partial charge is 0.436 e. The van der Waals surface area contributed by atoms with E-state index in [2.05, 4.69) is 0 Å². The van der Waals surface area contributed by atoms with Gasteiger partial charge in [-0.1, -0.05) is 30.4 Å². The van der Waals surface area contributed by atoms with Crippen molar-refractivity contribution in [2.24, 2.45) is 5.92 Å². The molecule has 5 rings (SSSR count). The molecule has 0 radical (unpaired) electrons. The predicted molar refractivity (Wildman–Crippen MR) is 133 cm³/mol. The number of carbonyl (C=O) groups excluding carboxylic acids is 3. The smallest absolute Gasteiger partial charge is 0.411 e. The summed E-state index contributed by atoms with van der Waals surface area (Å²) in [5, 5.41) is 0. The number of benzene rings is 2. The van der Waals surface area contributed by atoms with E-state index in [4.69, 9.17) is 4.74 Å². The lowest BCUT2D eigenvalue weighted by molar-refractivity contribution is -0.187. The van der Waals surface area contributed by atoms with Crippen LogP contribution in [0.2, 0.25) is 0 Å². The highest BCUT2D eigenvalue weighted by Crippen LogP contribution is 2.49. The fourth-order valence-electron chi connectivity index (χ4n) is 5.58. The van der Waals surface area contributed by atoms with Crippen LogP contribution in [0, 0.1) is 23.4 Å². The van der Waals surface area contributed by atoms with Crippen molar-refractivity contribution in [3.63, 3.8) is 0 Å². The van der Waals surface area contributed by atoms with Crippen molar-refractivity contribution in [3.05, 3.63) is 88.8 Å². The summed E-state index contributed by atoms with van der Waals surface area (Å²) < 4.78 is 87.0. The third kappa shape index (κ3) is 5.34. The Kier molecular flexibility index (Phi) is 7.20. The Morgan fingerprint density at radius 1 is 1.07 bits per heavy atom. The standard InChI is InChI=1S/C29H24F6N2O4/c1-16(29(33,34)35)37(13-17-2-5-19(30)6-3-17)25(38)14-36-15-28(41-27(36)40)11-10-21-22(28)8-7-20(26(21)39)18-4-9-23(31)24(32)12-18/h2-9,12,16,21H,10-11,13-15H2,1H3/t16?,21?,28-/m0/s1. The molecular weight excluding hydrogens is 554 g/mol. The minimum absolute atomic E-state index is 0.160. The summed E-state index contributed by atoms with van der Waals surface area (Å²) in [6.45, 7) is -0.508. The molecule has 3 aliphatic rings. The second-order valence-electron chi connectivity index (χ2n) is 10.4. The van der Waals surface area contributed by atoms with Crippen molar-refractivity contribution >= 4 is 23.4 Å². The molecule has 2 aromatic carbocycles. The van der Waals surface area contributed by atoms with Crippen LogP contribution < -0.4 is 0 Å². The Labute approximate surface area is 230 Å². The van der Waals surface area contributed by atoms with Gasteiger partial charge in [-0.25, -0.2) is 18.0 Å². The molecule has 2 amide bonds. The molecule has 2 unspecified atom stereocenters. The second-order valence-corrected chi connectivity index (χ2v) is 10.4. The maximum absolute atomic E-state index is 13.8. The van der Waals surface area contributed by atoms with Gasteiger partial charge < -0.3 is 9.64 Å². The zero-order valence-electron chi connectivity index (χ0n) is 21.7. The zero-order valence-corrected chi connectivity index (χ0v) is 21.7. The van der Waals surface area contributed by atoms with E-state index in [0.29, 0.717) is 10.5 Å². The van der Waals surface area contributed by atoms with Gasteiger partial charge in [0.1, 0.15) is 18.4 Å². The highest BCUT2D eigenvalue weighted by atomic mass is 19.4. The number of halogens is 6. The van der Waals surface area contributed by atoms with Crippen LogP contribution in [-0.4, -0.2) is 58.5 Å². The van der Waals surface area contributed by atoms with Gasteiger partial charge in [0.2, 0.25) is 5.91 Å². The number of alkyl halides is 3. The fraction of sp³-hybridized carbons (Fsp3) is 0.345. The number of carbonyl (C=O) groups is 3. The quantitative estimate of drug-likeness (QED) is 0.420. The van der Waals surface area contributed by atoms with E-state index in [1.807, 2.05) is 0 Å². The molecule has 1 spiro atoms. The van der Waals surface area contributed by atoms with Gasteiger partial charge in [0.05, 0.1) is 6.54 Å². The lowest BCUT2D eigenvalue weighted by atomic mass is 9.81. The first-order chi connectivity index (χ1) is 19.3. The van der Waals surface area contributed by atoms with Gasteiger partial charge in [-0.2, -0.15) is 13.2 Å². The van der Waals surface area contributed by atoms with E-state index in [1.54, 1.807) is 6.08 Å². The first-order valence-corrected chi connectivity index (χ1v) is 12.8. The Balaban J connectivity index is 1.36. The monoisotopic (exact) mass is 578 g/mol. The normalized spacial score (nSPS) is 22.8. The first kappa shape index (κ1) is 28.4. The van der Waals surface area contributed by atoms with Crippen molar-refractivity contribution in [1.82, 2.24) is 9.80 Å². The molecule has 1 saturated heterocycles. The highest BCUT2D eigenvalue weighted by molar-refractivity contribution is 6.24. The Bertz CT molecular complexity index is 1470. The van der Waals surface area contributed by atoms with Gasteiger partial charge in [0.15, 0.2) is 23.0 Å². The molecule has 0 N–H and O–H groups in total. The van der Waals surface area contributed by atoms with Crippen molar-refractivity contribution in [2.75, 3.05) is 13.1 Å². The third-order valence-corrected chi connectivity index (χ3v) is 7.82. The van der Waals surface area contributed by atoms with E-state index in [-0.39, 0.29) is 41.9 Å². The lowest BCUT2D eigenvalue weighted by Crippen LogP contribution is -2.50. The van der Waals surface area contributed by atoms with Gasteiger partial charge in [-0.05, 0) is 60.7 Å². The van der Waals surface area contributed by atoms with Crippen LogP contribution in [0.25, 0.3) is 5.57 Å². The minimum Gasteiger partial charge on any atom is -0.436 e. The summed E-state index contributed by atoms with van der Waals surface area (Å²) in [4.78, 5) is 40.8. The summed E-state index contributed by atoms with van der Waals surface area (Å²) in [6, 6.07) is 5.61. The number of hydrogen-bond acceptors (Lipinski definition) is 4. The molecule has 0 bridgehead atoms. The van der Waals surface area contributed by atoms with Gasteiger partial charge in [-0.15, -0.1) is 0 Å². The number of fused-ring (bicyclic) bond motifs is 2. The molecule has 2 aliphatic carbocycles. The summed E-state index contributed by atoms with van der Waals surface area (Å²) in [5.74, 6) is -4.80. The van der Waals surface area contributed by atoms with Crippen LogP contribution in [0.3, 0.4) is 0 Å². The number of allylic oxidation sites excluding steroid dienone is 3. The van der Waals surface area contributed by atoms with Crippen LogP contribution in [0.15, 0.2) is 60.2 Å². The molecule has 0 aromatic heterocycles. The van der Waals surface area contributed by atoms with Crippen LogP contribution in [0.5, 0.6) is 0 Å². The Morgan fingerprint density at radius 2 is 1.78 bits per heavy atom. The Hall–Kier alpha value is -4.09. The summed E-state index contributed by atoms with van der Waals surface area (Å²) >= 11 is 0. The topological polar surface area (TPSA) is 66.9 Å². The van der Waals surface area contributed by atoms with Gasteiger partial charge in [-0.3, -0.25) is 14.5 Å². The van der Waals surface area contributed by atoms with Crippen LogP contribution in [-0.2, 0) is 20.9 Å². The third-order valence-electron chi connectivity index (χ3n) is 7.82. The average Bonchev–Trinajstić information content (AvgIpc) is 3.43. The van der Waals surface area contributed by atoms with Crippen LogP contribution >= 0.6 is 0 Å². The SMILES string of the molecule is CC(N(Cc1ccc(F)cc1)C(=O)CN1C[C@]2(CCC3C(=O)C(c4ccc(F)c(F)c4)=CC=C32)OC1=O)C(F)(F)F. The Morgan fingerprint density at radius 3 is 2.44 bits per heavy atom. The number of ether oxygens (including phenoxy) is 1. The maximum atomic E-state index is 13.8. The molecule has 1 saturated carbocycles. The van der Waals surface area contributed by atoms with E-state index >= 15 is 0 Å². The molecular formula is C29H24F6N2O4. The number of ketones is 1. The van der Waals surface area contributed by atoms with Crippen LogP contribution in [0.1, 0.15) is 30.9 Å². The highest BCUT2D eigenvalue weighted by Gasteiger charge is 2.56. The number of rotatable bonds is 6. The second kappa shape index (κ2) is 10.4. The molecule has 1 heterocycles. The van der Waals surface area contributed by atoms with Gasteiger partial charge >= 0.3 is 12.3 Å². The number of amides is 2. The van der Waals surface area contributed by atoms with E-state index in [1.165, 1.54) is 24.3 Å². The van der Waals surface area contributed by atoms with Crippen LogP contribution in [0.4, 0.5) is 31.1 Å². The molecule has 3 atom stereocenters. The molecule has 12 heteroatoms. The molecule has 6 nitrogen and oxygen atoms in total. The number of nitrogens with zero attached hydrogens (tertiary/aromatic N) is 2. The lowest BCUT2D eigenvalue weighted by Gasteiger charge is -2.32.